The Kier molecular flexibility index (Phi) is 2.40. The lowest BCUT2D eigenvalue weighted by atomic mass is 10.6. The first-order valence-electron chi connectivity index (χ1n) is 2.89. The lowest BCUT2D eigenvalue weighted by Gasteiger charge is -1.84. The zero-order chi connectivity index (χ0) is 9.14. The molecular weight excluding hydrogens is 228 g/mol. The maximum absolute atomic E-state index is 10.3. The summed E-state index contributed by atoms with van der Waals surface area (Å²) in [5, 5.41) is 22.1. The van der Waals surface area contributed by atoms with Gasteiger partial charge in [-0.25, -0.2) is 0 Å². The van der Waals surface area contributed by atoms with Gasteiger partial charge in [0.15, 0.2) is 0 Å². The Balaban J connectivity index is 3.02. The number of nitro groups is 1. The third-order valence-corrected chi connectivity index (χ3v) is 1.66. The number of nitrogens with zero attached hydrogens (tertiary/aromatic N) is 4. The lowest BCUT2D eigenvalue weighted by Crippen LogP contribution is -1.97. The molecule has 12 heavy (non-hydrogen) atoms. The minimum absolute atomic E-state index is 0.00639. The minimum atomic E-state index is -0.613. The van der Waals surface area contributed by atoms with Gasteiger partial charge in [0.25, 0.3) is 0 Å². The third-order valence-electron chi connectivity index (χ3n) is 1.10. The van der Waals surface area contributed by atoms with Gasteiger partial charge in [-0.3, -0.25) is 0 Å². The summed E-state index contributed by atoms with van der Waals surface area (Å²) in [7, 11) is 0. The van der Waals surface area contributed by atoms with Gasteiger partial charge in [-0.05, 0) is 20.9 Å². The van der Waals surface area contributed by atoms with Gasteiger partial charge in [0.2, 0.25) is 0 Å². The molecule has 0 aliphatic heterocycles. The molecule has 0 radical (unpaired) electrons. The van der Waals surface area contributed by atoms with E-state index in [2.05, 4.69) is 21.0 Å². The van der Waals surface area contributed by atoms with Crippen LogP contribution in [0.1, 0.15) is 0 Å². The average Bonchev–Trinajstić information content (AvgIpc) is 2.32. The minimum Gasteiger partial charge on any atom is -0.358 e. The summed E-state index contributed by atoms with van der Waals surface area (Å²) in [5.74, 6) is -0.273. The van der Waals surface area contributed by atoms with Crippen molar-refractivity contribution in [3.05, 3.63) is 20.8 Å². The van der Waals surface area contributed by atoms with Crippen LogP contribution in [0.2, 0.25) is 0 Å². The number of hydrogen-bond acceptors (Lipinski definition) is 4. The molecule has 0 unspecified atom stereocenters. The first kappa shape index (κ1) is 8.67. The van der Waals surface area contributed by atoms with Crippen LogP contribution in [0.3, 0.4) is 0 Å². The monoisotopic (exact) mass is 230 g/mol. The van der Waals surface area contributed by atoms with Crippen LogP contribution in [-0.2, 0) is 6.54 Å². The standard InChI is InChI=1S/C5H3BrN4O2/c6-4-3-9(2-1-7)8-5(4)10(11)12/h3H,2H2. The van der Waals surface area contributed by atoms with Gasteiger partial charge in [0.1, 0.15) is 11.0 Å². The van der Waals surface area contributed by atoms with Crippen LogP contribution < -0.4 is 0 Å². The Morgan fingerprint density at radius 1 is 1.92 bits per heavy atom. The van der Waals surface area contributed by atoms with Gasteiger partial charge in [0.05, 0.1) is 17.4 Å². The van der Waals surface area contributed by atoms with E-state index in [1.807, 2.05) is 6.07 Å². The summed E-state index contributed by atoms with van der Waals surface area (Å²) in [6.07, 6.45) is 1.39. The molecule has 0 bridgehead atoms. The van der Waals surface area contributed by atoms with E-state index >= 15 is 0 Å². The number of halogens is 1. The van der Waals surface area contributed by atoms with Crippen molar-refractivity contribution in [3.63, 3.8) is 0 Å². The fourth-order valence-electron chi connectivity index (χ4n) is 0.664. The highest BCUT2D eigenvalue weighted by Crippen LogP contribution is 2.21. The molecule has 0 spiro atoms. The second kappa shape index (κ2) is 3.32. The molecule has 0 aliphatic carbocycles. The van der Waals surface area contributed by atoms with Crippen LogP contribution in [0.5, 0.6) is 0 Å². The largest absolute Gasteiger partial charge is 0.404 e. The Bertz CT molecular complexity index is 353. The molecule has 0 saturated heterocycles. The molecular formula is C5H3BrN4O2. The Labute approximate surface area is 75.7 Å². The van der Waals surface area contributed by atoms with Crippen molar-refractivity contribution < 1.29 is 4.92 Å². The smallest absolute Gasteiger partial charge is 0.358 e. The molecule has 0 aliphatic rings. The molecule has 0 amide bonds. The van der Waals surface area contributed by atoms with Crippen molar-refractivity contribution in [2.45, 2.75) is 6.54 Å². The molecule has 1 aromatic rings. The van der Waals surface area contributed by atoms with Crippen LogP contribution in [0.15, 0.2) is 10.7 Å². The van der Waals surface area contributed by atoms with E-state index in [-0.39, 0.29) is 16.8 Å². The van der Waals surface area contributed by atoms with Gasteiger partial charge in [-0.15, -0.1) is 0 Å². The van der Waals surface area contributed by atoms with E-state index in [0.29, 0.717) is 0 Å². The number of rotatable bonds is 2. The van der Waals surface area contributed by atoms with Crippen molar-refractivity contribution in [2.24, 2.45) is 0 Å². The first-order chi connectivity index (χ1) is 5.65. The first-order valence-corrected chi connectivity index (χ1v) is 3.68. The van der Waals surface area contributed by atoms with Crippen LogP contribution in [0.4, 0.5) is 5.82 Å². The van der Waals surface area contributed by atoms with Gasteiger partial charge in [-0.1, -0.05) is 0 Å². The summed E-state index contributed by atoms with van der Waals surface area (Å²) in [6, 6.07) is 1.82. The molecule has 0 aromatic carbocycles. The molecule has 1 heterocycles. The van der Waals surface area contributed by atoms with Crippen LogP contribution in [0, 0.1) is 21.4 Å². The van der Waals surface area contributed by atoms with Crippen LogP contribution >= 0.6 is 15.9 Å². The lowest BCUT2D eigenvalue weighted by molar-refractivity contribution is -0.390. The highest BCUT2D eigenvalue weighted by molar-refractivity contribution is 9.10. The summed E-state index contributed by atoms with van der Waals surface area (Å²) < 4.78 is 1.48. The quantitative estimate of drug-likeness (QED) is 0.562. The van der Waals surface area contributed by atoms with E-state index in [4.69, 9.17) is 5.26 Å². The zero-order valence-corrected chi connectivity index (χ0v) is 7.35. The SMILES string of the molecule is N#CCn1cc(Br)c([N+](=O)[O-])n1. The van der Waals surface area contributed by atoms with E-state index in [1.165, 1.54) is 10.9 Å². The molecule has 1 rings (SSSR count). The summed E-state index contributed by atoms with van der Waals surface area (Å²) in [6.45, 7) is 0.00639. The molecule has 6 nitrogen and oxygen atoms in total. The summed E-state index contributed by atoms with van der Waals surface area (Å²) >= 11 is 2.95. The predicted molar refractivity (Wildman–Crippen MR) is 42.2 cm³/mol. The topological polar surface area (TPSA) is 84.8 Å². The second-order valence-corrected chi connectivity index (χ2v) is 2.77. The van der Waals surface area contributed by atoms with E-state index < -0.39 is 4.92 Å². The van der Waals surface area contributed by atoms with E-state index in [0.717, 1.165) is 0 Å². The van der Waals surface area contributed by atoms with E-state index in [1.54, 1.807) is 0 Å². The van der Waals surface area contributed by atoms with Gasteiger partial charge >= 0.3 is 5.82 Å². The van der Waals surface area contributed by atoms with Crippen molar-refractivity contribution >= 4 is 21.7 Å². The highest BCUT2D eigenvalue weighted by atomic mass is 79.9. The van der Waals surface area contributed by atoms with Crippen molar-refractivity contribution in [2.75, 3.05) is 0 Å². The third kappa shape index (κ3) is 1.60. The summed E-state index contributed by atoms with van der Waals surface area (Å²) in [5.41, 5.74) is 0. The molecule has 0 fully saturated rings. The molecule has 0 N–H and O–H groups in total. The second-order valence-electron chi connectivity index (χ2n) is 1.91. The van der Waals surface area contributed by atoms with E-state index in [9.17, 15) is 10.1 Å². The maximum Gasteiger partial charge on any atom is 0.404 e. The highest BCUT2D eigenvalue weighted by Gasteiger charge is 2.17. The zero-order valence-electron chi connectivity index (χ0n) is 5.77. The molecule has 0 saturated carbocycles. The molecule has 1 aromatic heterocycles. The van der Waals surface area contributed by atoms with Crippen molar-refractivity contribution in [1.82, 2.24) is 9.78 Å². The molecule has 7 heteroatoms. The number of hydrogen-bond donors (Lipinski definition) is 0. The molecule has 62 valence electrons. The Morgan fingerprint density at radius 3 is 3.00 bits per heavy atom. The number of nitriles is 1. The average molecular weight is 231 g/mol. The Hall–Kier alpha value is -1.42. The van der Waals surface area contributed by atoms with Crippen LogP contribution in [-0.4, -0.2) is 14.7 Å². The fourth-order valence-corrected chi connectivity index (χ4v) is 1.12. The van der Waals surface area contributed by atoms with Gasteiger partial charge in [-0.2, -0.15) is 9.94 Å². The number of aromatic nitrogens is 2. The maximum atomic E-state index is 10.3. The van der Waals surface area contributed by atoms with Gasteiger partial charge in [0, 0.05) is 0 Å². The molecule has 0 atom stereocenters. The van der Waals surface area contributed by atoms with Crippen LogP contribution in [0.25, 0.3) is 0 Å². The van der Waals surface area contributed by atoms with Crippen molar-refractivity contribution in [1.29, 1.82) is 5.26 Å². The van der Waals surface area contributed by atoms with Gasteiger partial charge < -0.3 is 10.1 Å². The predicted octanol–water partition coefficient (Wildman–Crippen LogP) is 1.08. The Morgan fingerprint density at radius 2 is 2.58 bits per heavy atom. The normalized spacial score (nSPS) is 9.33. The fraction of sp³-hybridized carbons (Fsp3) is 0.200. The van der Waals surface area contributed by atoms with Crippen molar-refractivity contribution in [3.8, 4) is 6.07 Å². The summed E-state index contributed by atoms with van der Waals surface area (Å²) in [4.78, 5) is 9.64.